The molecule has 1 N–H and O–H groups in total. The summed E-state index contributed by atoms with van der Waals surface area (Å²) < 4.78 is 6.31. The quantitative estimate of drug-likeness (QED) is 0.600. The molecule has 0 aliphatic carbocycles. The Hall–Kier alpha value is -1.31. The van der Waals surface area contributed by atoms with Crippen LogP contribution < -0.4 is 10.2 Å². The molecule has 168 valence electrons. The van der Waals surface area contributed by atoms with Crippen molar-refractivity contribution in [1.29, 1.82) is 0 Å². The van der Waals surface area contributed by atoms with Gasteiger partial charge in [-0.15, -0.1) is 0 Å². The van der Waals surface area contributed by atoms with Crippen LogP contribution in [0.15, 0.2) is 24.4 Å². The molecular formula is C22H28Cl3N5O. The van der Waals surface area contributed by atoms with Gasteiger partial charge in [0.25, 0.3) is 0 Å². The van der Waals surface area contributed by atoms with Gasteiger partial charge >= 0.3 is 0 Å². The van der Waals surface area contributed by atoms with Gasteiger partial charge < -0.3 is 19.9 Å². The predicted molar refractivity (Wildman–Crippen MR) is 128 cm³/mol. The number of likely N-dealkylation sites (tertiary alicyclic amines) is 1. The van der Waals surface area contributed by atoms with Crippen LogP contribution in [-0.4, -0.2) is 60.3 Å². The number of nitrogens with zero attached hydrogens (tertiary/aromatic N) is 4. The second-order valence-corrected chi connectivity index (χ2v) is 9.64. The van der Waals surface area contributed by atoms with Crippen LogP contribution >= 0.6 is 34.8 Å². The number of hydrogen-bond acceptors (Lipinski definition) is 6. The number of halogens is 3. The van der Waals surface area contributed by atoms with Crippen LogP contribution in [0.1, 0.15) is 37.8 Å². The van der Waals surface area contributed by atoms with Crippen molar-refractivity contribution in [1.82, 2.24) is 14.9 Å². The van der Waals surface area contributed by atoms with Crippen molar-refractivity contribution in [3.63, 3.8) is 0 Å². The molecule has 0 radical (unpaired) electrons. The number of hydrogen-bond donors (Lipinski definition) is 1. The van der Waals surface area contributed by atoms with Crippen LogP contribution in [0.25, 0.3) is 0 Å². The minimum atomic E-state index is -0.0892. The summed E-state index contributed by atoms with van der Waals surface area (Å²) >= 11 is 18.7. The molecule has 0 unspecified atom stereocenters. The van der Waals surface area contributed by atoms with Gasteiger partial charge in [-0.05, 0) is 50.9 Å². The molecule has 0 saturated carbocycles. The Bertz CT molecular complexity index is 907. The molecule has 2 aliphatic rings. The van der Waals surface area contributed by atoms with E-state index < -0.39 is 0 Å². The molecular weight excluding hydrogens is 457 g/mol. The van der Waals surface area contributed by atoms with Gasteiger partial charge in [-0.3, -0.25) is 0 Å². The van der Waals surface area contributed by atoms with Crippen molar-refractivity contribution in [3.05, 3.63) is 45.0 Å². The minimum Gasteiger partial charge on any atom is -0.373 e. The monoisotopic (exact) mass is 483 g/mol. The van der Waals surface area contributed by atoms with Gasteiger partial charge in [-0.1, -0.05) is 40.9 Å². The highest BCUT2D eigenvalue weighted by molar-refractivity contribution is 6.35. The maximum absolute atomic E-state index is 6.38. The van der Waals surface area contributed by atoms with Crippen molar-refractivity contribution in [3.8, 4) is 0 Å². The van der Waals surface area contributed by atoms with Crippen LogP contribution in [0.3, 0.4) is 0 Å². The van der Waals surface area contributed by atoms with Crippen LogP contribution in [0.5, 0.6) is 0 Å². The zero-order chi connectivity index (χ0) is 22.0. The maximum atomic E-state index is 6.38. The van der Waals surface area contributed by atoms with E-state index >= 15 is 0 Å². The molecule has 0 spiro atoms. The van der Waals surface area contributed by atoms with E-state index in [1.165, 1.54) is 0 Å². The Kier molecular flexibility index (Phi) is 7.44. The van der Waals surface area contributed by atoms with Crippen LogP contribution in [0, 0.1) is 0 Å². The average Bonchev–Trinajstić information content (AvgIpc) is 3.14. The van der Waals surface area contributed by atoms with Crippen molar-refractivity contribution in [2.75, 3.05) is 43.4 Å². The van der Waals surface area contributed by atoms with E-state index in [0.717, 1.165) is 51.0 Å². The van der Waals surface area contributed by atoms with Gasteiger partial charge in [-0.25, -0.2) is 4.98 Å². The molecule has 9 heteroatoms. The van der Waals surface area contributed by atoms with Crippen molar-refractivity contribution in [2.45, 2.75) is 44.4 Å². The summed E-state index contributed by atoms with van der Waals surface area (Å²) in [4.78, 5) is 13.7. The molecule has 1 aromatic carbocycles. The van der Waals surface area contributed by atoms with Crippen molar-refractivity contribution in [2.24, 2.45) is 0 Å². The molecule has 31 heavy (non-hydrogen) atoms. The summed E-state index contributed by atoms with van der Waals surface area (Å²) in [6.07, 6.45) is 5.41. The molecule has 0 amide bonds. The largest absolute Gasteiger partial charge is 0.373 e. The molecule has 2 fully saturated rings. The van der Waals surface area contributed by atoms with E-state index in [0.29, 0.717) is 39.0 Å². The second kappa shape index (κ2) is 10.1. The fourth-order valence-electron chi connectivity index (χ4n) is 4.22. The topological polar surface area (TPSA) is 53.5 Å². The van der Waals surface area contributed by atoms with Crippen molar-refractivity contribution >= 4 is 46.6 Å². The molecule has 2 atom stereocenters. The summed E-state index contributed by atoms with van der Waals surface area (Å²) in [7, 11) is 2.15. The molecule has 2 saturated heterocycles. The summed E-state index contributed by atoms with van der Waals surface area (Å²) in [5.74, 6) is 1.28. The third-order valence-corrected chi connectivity index (χ3v) is 6.81. The van der Waals surface area contributed by atoms with Gasteiger partial charge in [0.05, 0.1) is 24.4 Å². The van der Waals surface area contributed by atoms with E-state index in [1.807, 2.05) is 19.1 Å². The molecule has 1 aromatic heterocycles. The lowest BCUT2D eigenvalue weighted by Crippen LogP contribution is -2.39. The normalized spacial score (nSPS) is 21.5. The molecule has 2 aromatic rings. The Morgan fingerprint density at radius 2 is 1.81 bits per heavy atom. The first-order chi connectivity index (χ1) is 14.9. The fourth-order valence-corrected chi connectivity index (χ4v) is 4.93. The lowest BCUT2D eigenvalue weighted by molar-refractivity contribution is -0.0169. The number of anilines is 2. The number of nitrogens with one attached hydrogen (secondary N) is 1. The first-order valence-electron chi connectivity index (χ1n) is 10.7. The van der Waals surface area contributed by atoms with E-state index in [-0.39, 0.29) is 6.04 Å². The van der Waals surface area contributed by atoms with Gasteiger partial charge in [0.1, 0.15) is 5.02 Å². The third kappa shape index (κ3) is 5.74. The molecule has 6 nitrogen and oxygen atoms in total. The lowest BCUT2D eigenvalue weighted by Gasteiger charge is -2.33. The van der Waals surface area contributed by atoms with Crippen LogP contribution in [0.2, 0.25) is 15.1 Å². The molecule has 4 rings (SSSR count). The highest BCUT2D eigenvalue weighted by atomic mass is 35.5. The third-order valence-electron chi connectivity index (χ3n) is 5.97. The molecule has 0 bridgehead atoms. The number of benzene rings is 1. The number of piperidine rings is 1. The zero-order valence-corrected chi connectivity index (χ0v) is 20.1. The molecule has 2 aliphatic heterocycles. The Labute approximate surface area is 198 Å². The molecule has 3 heterocycles. The number of aromatic nitrogens is 2. The van der Waals surface area contributed by atoms with Gasteiger partial charge in [-0.2, -0.15) is 4.98 Å². The van der Waals surface area contributed by atoms with Crippen molar-refractivity contribution < 1.29 is 4.74 Å². The van der Waals surface area contributed by atoms with Gasteiger partial charge in [0, 0.05) is 36.2 Å². The SMILES string of the molecule is C[C@@H](Nc1nc(N2CCC(O[C@H]3CCN(C)C3)CC2)ncc1Cl)c1ccc(Cl)cc1Cl. The predicted octanol–water partition coefficient (Wildman–Crippen LogP) is 5.30. The van der Waals surface area contributed by atoms with E-state index in [1.54, 1.807) is 12.3 Å². The summed E-state index contributed by atoms with van der Waals surface area (Å²) in [5, 5.41) is 5.05. The van der Waals surface area contributed by atoms with E-state index in [2.05, 4.69) is 27.1 Å². The van der Waals surface area contributed by atoms with E-state index in [9.17, 15) is 0 Å². The summed E-state index contributed by atoms with van der Waals surface area (Å²) in [6, 6.07) is 5.38. The lowest BCUT2D eigenvalue weighted by atomic mass is 10.1. The maximum Gasteiger partial charge on any atom is 0.227 e. The highest BCUT2D eigenvalue weighted by Gasteiger charge is 2.27. The summed E-state index contributed by atoms with van der Waals surface area (Å²) in [6.45, 7) is 5.90. The fraction of sp³-hybridized carbons (Fsp3) is 0.545. The Morgan fingerprint density at radius 3 is 2.48 bits per heavy atom. The standard InChI is InChI=1S/C22H28Cl3N5O/c1-14(18-4-3-15(23)11-19(18)24)27-21-20(25)12-26-22(28-21)30-9-6-16(7-10-30)31-17-5-8-29(2)13-17/h3-4,11-12,14,16-17H,5-10,13H2,1-2H3,(H,26,27,28)/t14-,17+/m1/s1. The Balaban J connectivity index is 1.37. The number of likely N-dealkylation sites (N-methyl/N-ethyl adjacent to an activating group) is 1. The van der Waals surface area contributed by atoms with Gasteiger partial charge in [0.15, 0.2) is 5.82 Å². The number of rotatable bonds is 6. The second-order valence-electron chi connectivity index (χ2n) is 8.39. The first-order valence-corrected chi connectivity index (χ1v) is 11.9. The van der Waals surface area contributed by atoms with Crippen LogP contribution in [-0.2, 0) is 4.74 Å². The smallest absolute Gasteiger partial charge is 0.227 e. The average molecular weight is 485 g/mol. The number of ether oxygens (including phenoxy) is 1. The Morgan fingerprint density at radius 1 is 1.06 bits per heavy atom. The zero-order valence-electron chi connectivity index (χ0n) is 17.8. The van der Waals surface area contributed by atoms with Gasteiger partial charge in [0.2, 0.25) is 5.95 Å². The highest BCUT2D eigenvalue weighted by Crippen LogP contribution is 2.31. The first kappa shape index (κ1) is 22.9. The summed E-state index contributed by atoms with van der Waals surface area (Å²) in [5.41, 5.74) is 0.929. The van der Waals surface area contributed by atoms with Crippen LogP contribution in [0.4, 0.5) is 11.8 Å². The minimum absolute atomic E-state index is 0.0892. The van der Waals surface area contributed by atoms with E-state index in [4.69, 9.17) is 44.5 Å².